The molecule has 2 rings (SSSR count). The van der Waals surface area contributed by atoms with Crippen LogP contribution in [0.3, 0.4) is 0 Å². The van der Waals surface area contributed by atoms with Crippen molar-refractivity contribution >= 4 is 24.4 Å². The predicted molar refractivity (Wildman–Crippen MR) is 106 cm³/mol. The van der Waals surface area contributed by atoms with Crippen molar-refractivity contribution in [1.82, 2.24) is 15.7 Å². The molecule has 0 bridgehead atoms. The number of hydrogen-bond acceptors (Lipinski definition) is 5. The van der Waals surface area contributed by atoms with E-state index < -0.39 is 22.5 Å². The number of urea groups is 2. The number of nitrogens with one attached hydrogen (secondary N) is 2. The molecular weight excluding hydrogens is 376 g/mol. The predicted octanol–water partition coefficient (Wildman–Crippen LogP) is 2.39. The lowest BCUT2D eigenvalue weighted by atomic mass is 9.91. The summed E-state index contributed by atoms with van der Waals surface area (Å²) >= 11 is 0. The van der Waals surface area contributed by atoms with Gasteiger partial charge in [0, 0.05) is 19.4 Å². The van der Waals surface area contributed by atoms with E-state index in [1.807, 2.05) is 13.8 Å². The van der Waals surface area contributed by atoms with Gasteiger partial charge in [-0.05, 0) is 25.7 Å². The van der Waals surface area contributed by atoms with Crippen LogP contribution in [0.5, 0.6) is 0 Å². The van der Waals surface area contributed by atoms with Gasteiger partial charge in [0.15, 0.2) is 0 Å². The Kier molecular flexibility index (Phi) is 8.58. The second kappa shape index (κ2) is 10.7. The van der Waals surface area contributed by atoms with E-state index in [0.29, 0.717) is 43.3 Å². The smallest absolute Gasteiger partial charge is 0.338 e. The third-order valence-electron chi connectivity index (χ3n) is 6.37. The van der Waals surface area contributed by atoms with E-state index in [9.17, 15) is 24.4 Å². The number of hydroxylamine groups is 2. The average molecular weight is 412 g/mol. The number of likely N-dealkylation sites (tertiary alicyclic amines) is 1. The van der Waals surface area contributed by atoms with Crippen LogP contribution in [0.1, 0.15) is 65.2 Å². The maximum Gasteiger partial charge on any atom is 0.432 e. The SMILES string of the molecule is CCCNC(=O)NC(=O)[N+]1(C(=O)[C@H](CC2CCCC2)CN(O)C=O)CCC[C@H]1C. The summed E-state index contributed by atoms with van der Waals surface area (Å²) in [5.41, 5.74) is 0. The van der Waals surface area contributed by atoms with Crippen LogP contribution >= 0.6 is 0 Å². The van der Waals surface area contributed by atoms with Gasteiger partial charge in [-0.3, -0.25) is 10.0 Å². The minimum absolute atomic E-state index is 0.138. The van der Waals surface area contributed by atoms with E-state index in [1.54, 1.807) is 0 Å². The lowest BCUT2D eigenvalue weighted by Crippen LogP contribution is -2.66. The number of carbonyl (C=O) groups is 4. The highest BCUT2D eigenvalue weighted by molar-refractivity contribution is 5.95. The Labute approximate surface area is 172 Å². The molecule has 29 heavy (non-hydrogen) atoms. The summed E-state index contributed by atoms with van der Waals surface area (Å²) in [5.74, 6) is -0.625. The zero-order valence-corrected chi connectivity index (χ0v) is 17.6. The zero-order valence-electron chi connectivity index (χ0n) is 17.6. The molecule has 9 heteroatoms. The van der Waals surface area contributed by atoms with Gasteiger partial charge in [0.05, 0.1) is 19.0 Å². The molecule has 1 heterocycles. The molecule has 3 N–H and O–H groups in total. The molecule has 0 aromatic heterocycles. The normalized spacial score (nSPS) is 25.4. The van der Waals surface area contributed by atoms with E-state index in [-0.39, 0.29) is 24.9 Å². The second-order valence-electron chi connectivity index (χ2n) is 8.42. The van der Waals surface area contributed by atoms with Crippen molar-refractivity contribution in [2.24, 2.45) is 11.8 Å². The Morgan fingerprint density at radius 2 is 1.90 bits per heavy atom. The summed E-state index contributed by atoms with van der Waals surface area (Å²) in [5, 5.41) is 15.2. The molecule has 164 valence electrons. The maximum atomic E-state index is 13.7. The monoisotopic (exact) mass is 411 g/mol. The molecule has 1 aliphatic carbocycles. The van der Waals surface area contributed by atoms with Gasteiger partial charge in [-0.1, -0.05) is 32.6 Å². The van der Waals surface area contributed by atoms with Crippen molar-refractivity contribution in [2.45, 2.75) is 71.3 Å². The number of rotatable bonds is 8. The number of quaternary nitrogens is 1. The van der Waals surface area contributed by atoms with Crippen LogP contribution in [0.25, 0.3) is 0 Å². The van der Waals surface area contributed by atoms with Crippen LogP contribution in [-0.2, 0) is 9.59 Å². The second-order valence-corrected chi connectivity index (χ2v) is 8.42. The van der Waals surface area contributed by atoms with E-state index in [4.69, 9.17) is 0 Å². The van der Waals surface area contributed by atoms with Crippen molar-refractivity contribution in [1.29, 1.82) is 0 Å². The third-order valence-corrected chi connectivity index (χ3v) is 6.37. The molecule has 6 amide bonds. The van der Waals surface area contributed by atoms with Crippen LogP contribution in [0.4, 0.5) is 9.59 Å². The zero-order chi connectivity index (χ0) is 21.4. The first-order valence-electron chi connectivity index (χ1n) is 10.8. The molecule has 1 aliphatic heterocycles. The number of amides is 6. The summed E-state index contributed by atoms with van der Waals surface area (Å²) in [6, 6.07) is -1.50. The molecule has 0 radical (unpaired) electrons. The Morgan fingerprint density at radius 3 is 2.45 bits per heavy atom. The minimum atomic E-state index is -0.654. The first-order valence-corrected chi connectivity index (χ1v) is 10.8. The van der Waals surface area contributed by atoms with Crippen LogP contribution in [0.15, 0.2) is 0 Å². The lowest BCUT2D eigenvalue weighted by molar-refractivity contribution is -0.786. The largest absolute Gasteiger partial charge is 0.432 e. The molecule has 3 atom stereocenters. The van der Waals surface area contributed by atoms with Gasteiger partial charge in [0.25, 0.3) is 0 Å². The molecular formula is C20H35N4O5+. The average Bonchev–Trinajstić information content (AvgIpc) is 3.35. The van der Waals surface area contributed by atoms with Crippen molar-refractivity contribution in [2.75, 3.05) is 19.6 Å². The molecule has 0 aromatic rings. The summed E-state index contributed by atoms with van der Waals surface area (Å²) in [4.78, 5) is 49.8. The van der Waals surface area contributed by atoms with Gasteiger partial charge in [-0.15, -0.1) is 0 Å². The molecule has 1 unspecified atom stereocenters. The van der Waals surface area contributed by atoms with E-state index in [1.165, 1.54) is 0 Å². The fourth-order valence-corrected chi connectivity index (χ4v) is 4.78. The van der Waals surface area contributed by atoms with Crippen LogP contribution in [0.2, 0.25) is 0 Å². The van der Waals surface area contributed by atoms with Crippen molar-refractivity contribution < 1.29 is 28.9 Å². The van der Waals surface area contributed by atoms with Crippen LogP contribution in [0, 0.1) is 11.8 Å². The third kappa shape index (κ3) is 5.54. The highest BCUT2D eigenvalue weighted by atomic mass is 16.5. The van der Waals surface area contributed by atoms with Gasteiger partial charge in [0.1, 0.15) is 6.04 Å². The topological polar surface area (TPSA) is 116 Å². The number of carbonyl (C=O) groups excluding carboxylic acids is 4. The van der Waals surface area contributed by atoms with Gasteiger partial charge in [-0.25, -0.2) is 24.8 Å². The van der Waals surface area contributed by atoms with Gasteiger partial charge >= 0.3 is 18.0 Å². The lowest BCUT2D eigenvalue weighted by Gasteiger charge is -2.36. The van der Waals surface area contributed by atoms with Gasteiger partial charge < -0.3 is 5.32 Å². The van der Waals surface area contributed by atoms with Gasteiger partial charge in [0.2, 0.25) is 6.41 Å². The Bertz CT molecular complexity index is 608. The van der Waals surface area contributed by atoms with Crippen molar-refractivity contribution in [3.05, 3.63) is 0 Å². The minimum Gasteiger partial charge on any atom is -0.338 e. The van der Waals surface area contributed by atoms with Gasteiger partial charge in [-0.2, -0.15) is 4.48 Å². The van der Waals surface area contributed by atoms with Crippen molar-refractivity contribution in [3.63, 3.8) is 0 Å². The highest BCUT2D eigenvalue weighted by Crippen LogP contribution is 2.35. The maximum absolute atomic E-state index is 13.7. The summed E-state index contributed by atoms with van der Waals surface area (Å²) in [7, 11) is 0. The molecule has 1 saturated carbocycles. The van der Waals surface area contributed by atoms with E-state index in [0.717, 1.165) is 32.1 Å². The Hall–Kier alpha value is -2.00. The Balaban J connectivity index is 2.24. The van der Waals surface area contributed by atoms with E-state index in [2.05, 4.69) is 10.6 Å². The number of imide groups is 2. The Morgan fingerprint density at radius 1 is 1.21 bits per heavy atom. The summed E-state index contributed by atoms with van der Waals surface area (Å²) < 4.78 is -0.455. The first kappa shape index (κ1) is 23.3. The summed E-state index contributed by atoms with van der Waals surface area (Å²) in [6.45, 7) is 4.37. The molecule has 2 aliphatic rings. The first-order chi connectivity index (χ1) is 13.8. The molecule has 2 fully saturated rings. The highest BCUT2D eigenvalue weighted by Gasteiger charge is 2.55. The number of nitrogens with zero attached hydrogens (tertiary/aromatic N) is 2. The fraction of sp³-hybridized carbons (Fsp3) is 0.800. The number of hydrogen-bond donors (Lipinski definition) is 3. The van der Waals surface area contributed by atoms with Crippen LogP contribution in [-0.4, -0.2) is 64.8 Å². The van der Waals surface area contributed by atoms with Crippen LogP contribution < -0.4 is 10.6 Å². The summed E-state index contributed by atoms with van der Waals surface area (Å²) in [6.07, 6.45) is 7.18. The molecule has 0 spiro atoms. The standard InChI is InChI=1S/C20H34N4O5/c1-3-10-21-19(27)22-20(28)24(11-6-7-15(24)2)18(26)17(13-23(29)14-25)12-16-8-4-5-9-16/h14-17,29H,3-13H2,1-2H3,(H-,21,22,27,28)/p+1/t15-,17-,24?/m1/s1. The van der Waals surface area contributed by atoms with E-state index >= 15 is 0 Å². The molecule has 9 nitrogen and oxygen atoms in total. The van der Waals surface area contributed by atoms with Crippen molar-refractivity contribution in [3.8, 4) is 0 Å². The molecule has 0 aromatic carbocycles. The quantitative estimate of drug-likeness (QED) is 0.245. The fourth-order valence-electron chi connectivity index (χ4n) is 4.78. The molecule has 1 saturated heterocycles.